The van der Waals surface area contributed by atoms with Gasteiger partial charge in [-0.25, -0.2) is 0 Å². The number of allylic oxidation sites excluding steroid dienone is 2. The Labute approximate surface area is 118 Å². The van der Waals surface area contributed by atoms with Crippen molar-refractivity contribution in [2.75, 3.05) is 7.05 Å². The lowest BCUT2D eigenvalue weighted by molar-refractivity contribution is 0.0828. The minimum Gasteiger partial charge on any atom is -0.296 e. The van der Waals surface area contributed by atoms with Crippen molar-refractivity contribution in [3.05, 3.63) is 24.3 Å². The highest BCUT2D eigenvalue weighted by molar-refractivity contribution is 5.14. The van der Waals surface area contributed by atoms with E-state index in [4.69, 9.17) is 0 Å². The first-order valence-corrected chi connectivity index (χ1v) is 8.41. The second kappa shape index (κ2) is 6.26. The third kappa shape index (κ3) is 2.97. The summed E-state index contributed by atoms with van der Waals surface area (Å²) >= 11 is 0. The predicted octanol–water partition coefficient (Wildman–Crippen LogP) is 4.55. The molecule has 2 fully saturated rings. The highest BCUT2D eigenvalue weighted by Crippen LogP contribution is 2.41. The Kier molecular flexibility index (Phi) is 4.42. The monoisotopic (exact) mass is 259 g/mol. The minimum absolute atomic E-state index is 0.649. The zero-order chi connectivity index (χ0) is 13.1. The molecule has 0 aromatic heterocycles. The van der Waals surface area contributed by atoms with Crippen LogP contribution in [0.2, 0.25) is 0 Å². The molecule has 1 nitrogen and oxygen atoms in total. The highest BCUT2D eigenvalue weighted by atomic mass is 15.2. The molecule has 0 aromatic carbocycles. The average Bonchev–Trinajstić information content (AvgIpc) is 2.70. The van der Waals surface area contributed by atoms with Gasteiger partial charge in [-0.2, -0.15) is 0 Å². The number of fused-ring (bicyclic) bond motifs is 1. The fourth-order valence-corrected chi connectivity index (χ4v) is 4.70. The molecule has 0 heterocycles. The van der Waals surface area contributed by atoms with E-state index < -0.39 is 0 Å². The van der Waals surface area contributed by atoms with E-state index in [1.807, 2.05) is 0 Å². The lowest BCUT2D eigenvalue weighted by Gasteiger charge is -2.42. The van der Waals surface area contributed by atoms with Gasteiger partial charge in [0.1, 0.15) is 0 Å². The number of hydrogen-bond acceptors (Lipinski definition) is 1. The van der Waals surface area contributed by atoms with E-state index in [-0.39, 0.29) is 0 Å². The second-order valence-corrected chi connectivity index (χ2v) is 6.84. The summed E-state index contributed by atoms with van der Waals surface area (Å²) in [4.78, 5) is 2.72. The molecule has 1 heteroatoms. The normalized spacial score (nSPS) is 39.1. The van der Waals surface area contributed by atoms with E-state index >= 15 is 0 Å². The molecule has 106 valence electrons. The molecule has 0 saturated heterocycles. The Morgan fingerprint density at radius 2 is 1.63 bits per heavy atom. The maximum absolute atomic E-state index is 2.72. The molecule has 3 rings (SSSR count). The fraction of sp³-hybridized carbons (Fsp3) is 0.778. The summed E-state index contributed by atoms with van der Waals surface area (Å²) in [5, 5.41) is 0. The van der Waals surface area contributed by atoms with Crippen molar-refractivity contribution < 1.29 is 0 Å². The van der Waals surface area contributed by atoms with Crippen molar-refractivity contribution in [2.24, 2.45) is 11.8 Å². The van der Waals surface area contributed by atoms with Gasteiger partial charge in [0.05, 0.1) is 0 Å². The maximum atomic E-state index is 2.72. The molecule has 0 bridgehead atoms. The fourth-order valence-electron chi connectivity index (χ4n) is 4.70. The van der Waals surface area contributed by atoms with Gasteiger partial charge in [-0.15, -0.1) is 0 Å². The Morgan fingerprint density at radius 3 is 2.37 bits per heavy atom. The maximum Gasteiger partial charge on any atom is 0.0315 e. The van der Waals surface area contributed by atoms with Gasteiger partial charge in [-0.05, 0) is 38.1 Å². The van der Waals surface area contributed by atoms with Crippen molar-refractivity contribution >= 4 is 0 Å². The summed E-state index contributed by atoms with van der Waals surface area (Å²) in [6.45, 7) is 0. The summed E-state index contributed by atoms with van der Waals surface area (Å²) in [5.74, 6) is 2.02. The van der Waals surface area contributed by atoms with Crippen LogP contribution in [0.1, 0.15) is 57.8 Å². The zero-order valence-electron chi connectivity index (χ0n) is 12.4. The summed E-state index contributed by atoms with van der Waals surface area (Å²) in [6, 6.07) is 1.49. The lowest BCUT2D eigenvalue weighted by atomic mass is 9.73. The first-order chi connectivity index (χ1) is 9.36. The third-order valence-corrected chi connectivity index (χ3v) is 5.79. The minimum atomic E-state index is 0.649. The van der Waals surface area contributed by atoms with Crippen molar-refractivity contribution in [1.29, 1.82) is 0 Å². The second-order valence-electron chi connectivity index (χ2n) is 6.84. The number of hydrogen-bond donors (Lipinski definition) is 0. The van der Waals surface area contributed by atoms with Crippen LogP contribution in [0, 0.1) is 11.8 Å². The Morgan fingerprint density at radius 1 is 0.895 bits per heavy atom. The molecule has 4 unspecified atom stereocenters. The van der Waals surface area contributed by atoms with Gasteiger partial charge in [0.25, 0.3) is 0 Å². The van der Waals surface area contributed by atoms with E-state index in [0.29, 0.717) is 6.04 Å². The standard InChI is InChI=1S/C18H29N/c1-19(16-11-3-2-4-12-16)18-14-8-6-10-15-9-5-7-13-17(15)18/h2-4,11,15-18H,5-10,12-14H2,1H3. The number of rotatable bonds is 2. The molecule has 0 aromatic rings. The first-order valence-electron chi connectivity index (χ1n) is 8.41. The van der Waals surface area contributed by atoms with Gasteiger partial charge in [-0.3, -0.25) is 4.90 Å². The van der Waals surface area contributed by atoms with E-state index in [2.05, 4.69) is 36.3 Å². The van der Waals surface area contributed by atoms with Gasteiger partial charge < -0.3 is 0 Å². The topological polar surface area (TPSA) is 3.24 Å². The lowest BCUT2D eigenvalue weighted by Crippen LogP contribution is -2.46. The third-order valence-electron chi connectivity index (χ3n) is 5.79. The van der Waals surface area contributed by atoms with Crippen molar-refractivity contribution in [1.82, 2.24) is 4.90 Å². The smallest absolute Gasteiger partial charge is 0.0315 e. The van der Waals surface area contributed by atoms with Crippen LogP contribution in [0.5, 0.6) is 0 Å². The molecule has 0 amide bonds. The molecular formula is C18H29N. The van der Waals surface area contributed by atoms with E-state index in [9.17, 15) is 0 Å². The largest absolute Gasteiger partial charge is 0.296 e. The predicted molar refractivity (Wildman–Crippen MR) is 82.2 cm³/mol. The summed E-state index contributed by atoms with van der Waals surface area (Å²) < 4.78 is 0. The van der Waals surface area contributed by atoms with Crippen LogP contribution in [-0.4, -0.2) is 24.0 Å². The van der Waals surface area contributed by atoms with Crippen LogP contribution in [0.4, 0.5) is 0 Å². The van der Waals surface area contributed by atoms with Crippen LogP contribution in [0.15, 0.2) is 24.3 Å². The molecule has 19 heavy (non-hydrogen) atoms. The van der Waals surface area contributed by atoms with Crippen LogP contribution >= 0.6 is 0 Å². The molecule has 3 aliphatic carbocycles. The van der Waals surface area contributed by atoms with Gasteiger partial charge in [0, 0.05) is 12.1 Å². The first kappa shape index (κ1) is 13.4. The molecule has 0 N–H and O–H groups in total. The van der Waals surface area contributed by atoms with Gasteiger partial charge >= 0.3 is 0 Å². The number of likely N-dealkylation sites (N-methyl/N-ethyl adjacent to an activating group) is 1. The Bertz CT molecular complexity index is 344. The van der Waals surface area contributed by atoms with Crippen LogP contribution < -0.4 is 0 Å². The van der Waals surface area contributed by atoms with Gasteiger partial charge in [0.2, 0.25) is 0 Å². The SMILES string of the molecule is CN(C1C=CC=CC1)C1CCCCC2CCCCC21. The summed E-state index contributed by atoms with van der Waals surface area (Å²) in [7, 11) is 2.38. The highest BCUT2D eigenvalue weighted by Gasteiger charge is 2.36. The van der Waals surface area contributed by atoms with Crippen LogP contribution in [-0.2, 0) is 0 Å². The van der Waals surface area contributed by atoms with Crippen molar-refractivity contribution in [2.45, 2.75) is 69.9 Å². The van der Waals surface area contributed by atoms with Gasteiger partial charge in [0.15, 0.2) is 0 Å². The average molecular weight is 259 g/mol. The van der Waals surface area contributed by atoms with Crippen molar-refractivity contribution in [3.63, 3.8) is 0 Å². The quantitative estimate of drug-likeness (QED) is 0.703. The van der Waals surface area contributed by atoms with E-state index in [1.165, 1.54) is 57.8 Å². The molecule has 3 aliphatic rings. The van der Waals surface area contributed by atoms with E-state index in [1.54, 1.807) is 0 Å². The van der Waals surface area contributed by atoms with Gasteiger partial charge in [-0.1, -0.05) is 62.8 Å². The molecule has 0 aliphatic heterocycles. The molecule has 4 atom stereocenters. The zero-order valence-corrected chi connectivity index (χ0v) is 12.4. The molecule has 0 spiro atoms. The van der Waals surface area contributed by atoms with Crippen LogP contribution in [0.3, 0.4) is 0 Å². The molecule has 2 saturated carbocycles. The Balaban J connectivity index is 1.72. The summed E-state index contributed by atoms with van der Waals surface area (Å²) in [5.41, 5.74) is 0. The van der Waals surface area contributed by atoms with E-state index in [0.717, 1.165) is 17.9 Å². The Hall–Kier alpha value is -0.560. The van der Waals surface area contributed by atoms with Crippen molar-refractivity contribution in [3.8, 4) is 0 Å². The molecular weight excluding hydrogens is 230 g/mol. The van der Waals surface area contributed by atoms with Crippen LogP contribution in [0.25, 0.3) is 0 Å². The summed E-state index contributed by atoms with van der Waals surface area (Å²) in [6.07, 6.45) is 22.2. The molecule has 0 radical (unpaired) electrons. The number of nitrogens with zero attached hydrogens (tertiary/aromatic N) is 1.